The van der Waals surface area contributed by atoms with E-state index in [1.807, 2.05) is 31.0 Å². The maximum atomic E-state index is 12.6. The smallest absolute Gasteiger partial charge is 0.353 e. The first-order valence-electron chi connectivity index (χ1n) is 6.56. The Morgan fingerprint density at radius 2 is 2.15 bits per heavy atom. The Balaban J connectivity index is 2.13. The fraction of sp³-hybridized carbons (Fsp3) is 0.500. The second-order valence-corrected chi connectivity index (χ2v) is 4.88. The molecule has 1 aromatic rings. The Hall–Kier alpha value is -1.56. The molecule has 0 amide bonds. The quantitative estimate of drug-likeness (QED) is 0.865. The molecule has 0 radical (unpaired) electrons. The lowest BCUT2D eigenvalue weighted by molar-refractivity contribution is -0.0944. The summed E-state index contributed by atoms with van der Waals surface area (Å²) >= 11 is 0. The van der Waals surface area contributed by atoms with E-state index in [1.54, 1.807) is 6.20 Å². The summed E-state index contributed by atoms with van der Waals surface area (Å²) in [5.41, 5.74) is 0.636. The van der Waals surface area contributed by atoms with E-state index in [1.165, 1.54) is 6.08 Å². The van der Waals surface area contributed by atoms with Crippen LogP contribution in [0.1, 0.15) is 24.9 Å². The summed E-state index contributed by atoms with van der Waals surface area (Å²) in [6.45, 7) is 2.62. The van der Waals surface area contributed by atoms with Crippen LogP contribution in [0, 0.1) is 0 Å². The van der Waals surface area contributed by atoms with Crippen molar-refractivity contribution in [3.63, 3.8) is 0 Å². The van der Waals surface area contributed by atoms with Crippen LogP contribution in [-0.4, -0.2) is 31.3 Å². The molecule has 1 N–H and O–H groups in total. The summed E-state index contributed by atoms with van der Waals surface area (Å²) in [6.07, 6.45) is -1.25. The standard InChI is InChI=1S/C14H18F3N3/c1-10(18-2)11-3-6-19-13(9-11)20-7-4-12(5-8-20)14(15,16)17/h3-4,6,9-10,18H,5,7-8H2,1-2H3. The molecule has 1 unspecified atom stereocenters. The second-order valence-electron chi connectivity index (χ2n) is 4.88. The van der Waals surface area contributed by atoms with Gasteiger partial charge in [-0.25, -0.2) is 4.98 Å². The van der Waals surface area contributed by atoms with Crippen molar-refractivity contribution in [2.24, 2.45) is 0 Å². The van der Waals surface area contributed by atoms with Gasteiger partial charge in [0.05, 0.1) is 0 Å². The van der Waals surface area contributed by atoms with E-state index in [0.29, 0.717) is 6.54 Å². The van der Waals surface area contributed by atoms with Gasteiger partial charge in [0.25, 0.3) is 0 Å². The predicted molar refractivity (Wildman–Crippen MR) is 72.7 cm³/mol. The first-order chi connectivity index (χ1) is 9.41. The van der Waals surface area contributed by atoms with Crippen LogP contribution in [0.25, 0.3) is 0 Å². The van der Waals surface area contributed by atoms with Crippen LogP contribution in [0.3, 0.4) is 0 Å². The number of hydrogen-bond acceptors (Lipinski definition) is 3. The summed E-state index contributed by atoms with van der Waals surface area (Å²) in [7, 11) is 1.87. The molecule has 1 aliphatic heterocycles. The Morgan fingerprint density at radius 3 is 2.70 bits per heavy atom. The van der Waals surface area contributed by atoms with Gasteiger partial charge in [0.15, 0.2) is 0 Å². The van der Waals surface area contributed by atoms with E-state index in [4.69, 9.17) is 0 Å². The molecular weight excluding hydrogens is 267 g/mol. The summed E-state index contributed by atoms with van der Waals surface area (Å²) in [4.78, 5) is 6.12. The molecule has 0 fully saturated rings. The number of aromatic nitrogens is 1. The van der Waals surface area contributed by atoms with Crippen LogP contribution in [-0.2, 0) is 0 Å². The molecule has 0 saturated carbocycles. The molecule has 20 heavy (non-hydrogen) atoms. The molecule has 0 aromatic carbocycles. The molecule has 0 spiro atoms. The Labute approximate surface area is 116 Å². The van der Waals surface area contributed by atoms with Crippen molar-refractivity contribution in [2.45, 2.75) is 25.6 Å². The minimum absolute atomic E-state index is 0.0109. The third-order valence-corrected chi connectivity index (χ3v) is 3.60. The highest BCUT2D eigenvalue weighted by molar-refractivity contribution is 5.44. The molecule has 1 aromatic heterocycles. The van der Waals surface area contributed by atoms with Crippen LogP contribution in [0.4, 0.5) is 19.0 Å². The molecular formula is C14H18F3N3. The molecule has 0 bridgehead atoms. The zero-order chi connectivity index (χ0) is 14.8. The van der Waals surface area contributed by atoms with E-state index >= 15 is 0 Å². The molecule has 0 saturated heterocycles. The van der Waals surface area contributed by atoms with Crippen molar-refractivity contribution < 1.29 is 13.2 Å². The summed E-state index contributed by atoms with van der Waals surface area (Å²) in [5, 5.41) is 3.13. The van der Waals surface area contributed by atoms with E-state index < -0.39 is 11.7 Å². The summed E-state index contributed by atoms with van der Waals surface area (Å²) < 4.78 is 37.7. The zero-order valence-corrected chi connectivity index (χ0v) is 11.5. The van der Waals surface area contributed by atoms with Gasteiger partial charge in [0, 0.05) is 30.9 Å². The van der Waals surface area contributed by atoms with E-state index in [-0.39, 0.29) is 19.0 Å². The number of hydrogen-bond donors (Lipinski definition) is 1. The van der Waals surface area contributed by atoms with Gasteiger partial charge in [0.1, 0.15) is 5.82 Å². The van der Waals surface area contributed by atoms with E-state index in [2.05, 4.69) is 10.3 Å². The summed E-state index contributed by atoms with van der Waals surface area (Å²) in [5.74, 6) is 0.724. The fourth-order valence-electron chi connectivity index (χ4n) is 2.18. The van der Waals surface area contributed by atoms with Crippen LogP contribution >= 0.6 is 0 Å². The van der Waals surface area contributed by atoms with E-state index in [9.17, 15) is 13.2 Å². The average molecular weight is 285 g/mol. The first kappa shape index (κ1) is 14.8. The number of anilines is 1. The topological polar surface area (TPSA) is 28.2 Å². The van der Waals surface area contributed by atoms with Crippen molar-refractivity contribution in [1.29, 1.82) is 0 Å². The lowest BCUT2D eigenvalue weighted by Gasteiger charge is -2.28. The Kier molecular flexibility index (Phi) is 4.32. The highest BCUT2D eigenvalue weighted by Crippen LogP contribution is 2.31. The monoisotopic (exact) mass is 285 g/mol. The number of halogens is 3. The normalized spacial score (nSPS) is 17.9. The van der Waals surface area contributed by atoms with Crippen LogP contribution in [0.15, 0.2) is 30.0 Å². The Bertz CT molecular complexity index is 497. The zero-order valence-electron chi connectivity index (χ0n) is 11.5. The SMILES string of the molecule is CNC(C)c1ccnc(N2CC=C(C(F)(F)F)CC2)c1. The molecule has 6 heteroatoms. The third-order valence-electron chi connectivity index (χ3n) is 3.60. The average Bonchev–Trinajstić information content (AvgIpc) is 2.46. The van der Waals surface area contributed by atoms with Gasteiger partial charge in [-0.1, -0.05) is 6.08 Å². The molecule has 110 valence electrons. The minimum atomic E-state index is -4.21. The maximum Gasteiger partial charge on any atom is 0.412 e. The molecule has 3 nitrogen and oxygen atoms in total. The largest absolute Gasteiger partial charge is 0.412 e. The molecule has 2 rings (SSSR count). The summed E-state index contributed by atoms with van der Waals surface area (Å²) in [6, 6.07) is 4.02. The maximum absolute atomic E-state index is 12.6. The van der Waals surface area contributed by atoms with Crippen molar-refractivity contribution in [3.8, 4) is 0 Å². The number of nitrogens with zero attached hydrogens (tertiary/aromatic N) is 2. The van der Waals surface area contributed by atoms with E-state index in [0.717, 1.165) is 11.4 Å². The van der Waals surface area contributed by atoms with Crippen molar-refractivity contribution in [1.82, 2.24) is 10.3 Å². The van der Waals surface area contributed by atoms with Gasteiger partial charge in [-0.3, -0.25) is 0 Å². The number of rotatable bonds is 3. The molecule has 0 aliphatic carbocycles. The second kappa shape index (κ2) is 5.83. The van der Waals surface area contributed by atoms with Crippen LogP contribution < -0.4 is 10.2 Å². The number of pyridine rings is 1. The first-order valence-corrected chi connectivity index (χ1v) is 6.56. The number of alkyl halides is 3. The Morgan fingerprint density at radius 1 is 1.40 bits per heavy atom. The van der Waals surface area contributed by atoms with Gasteiger partial charge in [-0.2, -0.15) is 13.2 Å². The van der Waals surface area contributed by atoms with Gasteiger partial charge in [-0.05, 0) is 38.1 Å². The van der Waals surface area contributed by atoms with Crippen LogP contribution in [0.5, 0.6) is 0 Å². The fourth-order valence-corrected chi connectivity index (χ4v) is 2.18. The van der Waals surface area contributed by atoms with Crippen molar-refractivity contribution in [2.75, 3.05) is 25.0 Å². The number of nitrogens with one attached hydrogen (secondary N) is 1. The van der Waals surface area contributed by atoms with Gasteiger partial charge < -0.3 is 10.2 Å². The van der Waals surface area contributed by atoms with Crippen molar-refractivity contribution in [3.05, 3.63) is 35.5 Å². The lowest BCUT2D eigenvalue weighted by Crippen LogP contribution is -2.32. The molecule has 1 aliphatic rings. The molecule has 2 heterocycles. The molecule has 1 atom stereocenters. The highest BCUT2D eigenvalue weighted by atomic mass is 19.4. The third kappa shape index (κ3) is 3.30. The van der Waals surface area contributed by atoms with Gasteiger partial charge in [0.2, 0.25) is 0 Å². The van der Waals surface area contributed by atoms with Crippen LogP contribution in [0.2, 0.25) is 0 Å². The van der Waals surface area contributed by atoms with Gasteiger partial charge in [-0.15, -0.1) is 0 Å². The van der Waals surface area contributed by atoms with Crippen molar-refractivity contribution >= 4 is 5.82 Å². The predicted octanol–water partition coefficient (Wildman–Crippen LogP) is 3.06. The van der Waals surface area contributed by atoms with Gasteiger partial charge >= 0.3 is 6.18 Å². The minimum Gasteiger partial charge on any atom is -0.353 e. The highest BCUT2D eigenvalue weighted by Gasteiger charge is 2.34. The lowest BCUT2D eigenvalue weighted by atomic mass is 10.1.